The van der Waals surface area contributed by atoms with Crippen LogP contribution >= 0.6 is 0 Å². The van der Waals surface area contributed by atoms with Crippen LogP contribution in [-0.4, -0.2) is 47.2 Å². The van der Waals surface area contributed by atoms with E-state index in [1.165, 1.54) is 5.56 Å². The van der Waals surface area contributed by atoms with E-state index in [9.17, 15) is 4.79 Å². The van der Waals surface area contributed by atoms with E-state index < -0.39 is 5.60 Å². The molecule has 1 amide bonds. The Morgan fingerprint density at radius 2 is 1.86 bits per heavy atom. The van der Waals surface area contributed by atoms with Crippen LogP contribution in [0.3, 0.4) is 0 Å². The van der Waals surface area contributed by atoms with Crippen molar-refractivity contribution in [2.45, 2.75) is 52.3 Å². The highest BCUT2D eigenvalue weighted by atomic mass is 16.6. The zero-order valence-corrected chi connectivity index (χ0v) is 14.2. The molecule has 1 aromatic rings. The molecule has 122 valence electrons. The molecule has 0 unspecified atom stereocenters. The van der Waals surface area contributed by atoms with Crippen LogP contribution in [-0.2, 0) is 11.3 Å². The molecule has 0 bridgehead atoms. The van der Waals surface area contributed by atoms with Gasteiger partial charge in [-0.3, -0.25) is 4.90 Å². The van der Waals surface area contributed by atoms with Gasteiger partial charge in [0.05, 0.1) is 0 Å². The van der Waals surface area contributed by atoms with E-state index >= 15 is 0 Å². The van der Waals surface area contributed by atoms with Crippen molar-refractivity contribution in [2.24, 2.45) is 0 Å². The molecule has 4 heteroatoms. The molecule has 1 atom stereocenters. The zero-order valence-electron chi connectivity index (χ0n) is 14.2. The minimum atomic E-state index is -0.438. The maximum absolute atomic E-state index is 12.3. The number of amides is 1. The molecule has 0 aliphatic carbocycles. The highest BCUT2D eigenvalue weighted by Gasteiger charge is 2.28. The predicted octanol–water partition coefficient (Wildman–Crippen LogP) is 3.52. The molecule has 1 aromatic carbocycles. The van der Waals surface area contributed by atoms with Crippen LogP contribution in [0.1, 0.15) is 39.7 Å². The first-order chi connectivity index (χ1) is 10.3. The maximum Gasteiger partial charge on any atom is 0.410 e. The van der Waals surface area contributed by atoms with Crippen LogP contribution in [0.25, 0.3) is 0 Å². The lowest BCUT2D eigenvalue weighted by Gasteiger charge is -2.30. The number of carbonyl (C=O) groups excluding carboxylic acids is 1. The monoisotopic (exact) mass is 304 g/mol. The van der Waals surface area contributed by atoms with E-state index in [0.29, 0.717) is 0 Å². The Morgan fingerprint density at radius 3 is 2.50 bits per heavy atom. The van der Waals surface area contributed by atoms with Gasteiger partial charge < -0.3 is 9.64 Å². The van der Waals surface area contributed by atoms with Gasteiger partial charge >= 0.3 is 6.09 Å². The molecule has 0 N–H and O–H groups in total. The molecule has 22 heavy (non-hydrogen) atoms. The number of hydrogen-bond donors (Lipinski definition) is 0. The standard InChI is InChI=1S/C18H28N2O2/c1-15-10-11-19(14-16-8-6-5-7-9-16)12-13-20(15)17(21)22-18(2,3)4/h5-9,15H,10-14H2,1-4H3/t15-/m0/s1. The van der Waals surface area contributed by atoms with Gasteiger partial charge in [-0.05, 0) is 39.7 Å². The lowest BCUT2D eigenvalue weighted by Crippen LogP contribution is -2.43. The minimum Gasteiger partial charge on any atom is -0.444 e. The largest absolute Gasteiger partial charge is 0.444 e. The van der Waals surface area contributed by atoms with Crippen molar-refractivity contribution in [1.82, 2.24) is 9.80 Å². The van der Waals surface area contributed by atoms with Crippen molar-refractivity contribution in [1.29, 1.82) is 0 Å². The molecule has 1 fully saturated rings. The van der Waals surface area contributed by atoms with Crippen LogP contribution in [0, 0.1) is 0 Å². The zero-order chi connectivity index (χ0) is 16.2. The Hall–Kier alpha value is -1.55. The number of hydrogen-bond acceptors (Lipinski definition) is 3. The van der Waals surface area contributed by atoms with Gasteiger partial charge in [0.2, 0.25) is 0 Å². The second-order valence-corrected chi connectivity index (χ2v) is 7.07. The molecule has 1 aliphatic heterocycles. The number of ether oxygens (including phenoxy) is 1. The van der Waals surface area contributed by atoms with E-state index in [1.54, 1.807) is 0 Å². The molecular formula is C18H28N2O2. The van der Waals surface area contributed by atoms with E-state index in [0.717, 1.165) is 32.6 Å². The lowest BCUT2D eigenvalue weighted by molar-refractivity contribution is 0.0186. The molecule has 4 nitrogen and oxygen atoms in total. The highest BCUT2D eigenvalue weighted by Crippen LogP contribution is 2.17. The van der Waals surface area contributed by atoms with Gasteiger partial charge in [0.25, 0.3) is 0 Å². The van der Waals surface area contributed by atoms with Crippen LogP contribution in [0.4, 0.5) is 4.79 Å². The van der Waals surface area contributed by atoms with Crippen molar-refractivity contribution in [2.75, 3.05) is 19.6 Å². The summed E-state index contributed by atoms with van der Waals surface area (Å²) in [6.07, 6.45) is 0.785. The quantitative estimate of drug-likeness (QED) is 0.838. The first-order valence-electron chi connectivity index (χ1n) is 8.11. The Morgan fingerprint density at radius 1 is 1.18 bits per heavy atom. The van der Waals surface area contributed by atoms with Crippen LogP contribution < -0.4 is 0 Å². The number of rotatable bonds is 2. The average Bonchev–Trinajstić information content (AvgIpc) is 2.61. The fourth-order valence-corrected chi connectivity index (χ4v) is 2.70. The normalized spacial score (nSPS) is 20.5. The third-order valence-corrected chi connectivity index (χ3v) is 3.93. The Labute approximate surface area is 134 Å². The number of carbonyl (C=O) groups is 1. The summed E-state index contributed by atoms with van der Waals surface area (Å²) in [6.45, 7) is 11.4. The lowest BCUT2D eigenvalue weighted by atomic mass is 10.2. The average molecular weight is 304 g/mol. The second-order valence-electron chi connectivity index (χ2n) is 7.07. The van der Waals surface area contributed by atoms with Crippen molar-refractivity contribution < 1.29 is 9.53 Å². The maximum atomic E-state index is 12.3. The van der Waals surface area contributed by atoms with E-state index in [1.807, 2.05) is 31.7 Å². The first kappa shape index (κ1) is 16.8. The van der Waals surface area contributed by atoms with E-state index in [2.05, 4.69) is 36.1 Å². The van der Waals surface area contributed by atoms with Gasteiger partial charge in [0, 0.05) is 32.2 Å². The van der Waals surface area contributed by atoms with E-state index in [4.69, 9.17) is 4.74 Å². The van der Waals surface area contributed by atoms with Crippen LogP contribution in [0.2, 0.25) is 0 Å². The van der Waals surface area contributed by atoms with Gasteiger partial charge in [-0.1, -0.05) is 30.3 Å². The molecule has 1 heterocycles. The molecule has 0 aromatic heterocycles. The van der Waals surface area contributed by atoms with Gasteiger partial charge in [0.15, 0.2) is 0 Å². The molecule has 2 rings (SSSR count). The fraction of sp³-hybridized carbons (Fsp3) is 0.611. The summed E-state index contributed by atoms with van der Waals surface area (Å²) in [5.74, 6) is 0. The van der Waals surface area contributed by atoms with Gasteiger partial charge in [0.1, 0.15) is 5.60 Å². The Kier molecular flexibility index (Phi) is 5.46. The van der Waals surface area contributed by atoms with Crippen LogP contribution in [0.5, 0.6) is 0 Å². The molecule has 0 radical (unpaired) electrons. The third-order valence-electron chi connectivity index (χ3n) is 3.93. The van der Waals surface area contributed by atoms with Crippen LogP contribution in [0.15, 0.2) is 30.3 Å². The Bertz CT molecular complexity index is 482. The minimum absolute atomic E-state index is 0.193. The topological polar surface area (TPSA) is 32.8 Å². The van der Waals surface area contributed by atoms with Crippen molar-refractivity contribution in [3.05, 3.63) is 35.9 Å². The fourth-order valence-electron chi connectivity index (χ4n) is 2.70. The SMILES string of the molecule is C[C@H]1CCN(Cc2ccccc2)CCN1C(=O)OC(C)(C)C. The summed E-state index contributed by atoms with van der Waals surface area (Å²) in [5.41, 5.74) is 0.883. The summed E-state index contributed by atoms with van der Waals surface area (Å²) in [7, 11) is 0. The second kappa shape index (κ2) is 7.14. The first-order valence-corrected chi connectivity index (χ1v) is 8.11. The van der Waals surface area contributed by atoms with Gasteiger partial charge in [-0.15, -0.1) is 0 Å². The van der Waals surface area contributed by atoms with Crippen molar-refractivity contribution in [3.8, 4) is 0 Å². The van der Waals surface area contributed by atoms with Crippen molar-refractivity contribution >= 4 is 6.09 Å². The third kappa shape index (κ3) is 5.02. The number of benzene rings is 1. The molecular weight excluding hydrogens is 276 g/mol. The summed E-state index contributed by atoms with van der Waals surface area (Å²) in [5, 5.41) is 0. The summed E-state index contributed by atoms with van der Waals surface area (Å²) < 4.78 is 5.53. The highest BCUT2D eigenvalue weighted by molar-refractivity contribution is 5.68. The molecule has 0 saturated carbocycles. The number of nitrogens with zero attached hydrogens (tertiary/aromatic N) is 2. The summed E-state index contributed by atoms with van der Waals surface area (Å²) >= 11 is 0. The summed E-state index contributed by atoms with van der Waals surface area (Å²) in [6, 6.07) is 10.7. The molecule has 0 spiro atoms. The predicted molar refractivity (Wildman–Crippen MR) is 88.7 cm³/mol. The van der Waals surface area contributed by atoms with E-state index in [-0.39, 0.29) is 12.1 Å². The van der Waals surface area contributed by atoms with Crippen molar-refractivity contribution in [3.63, 3.8) is 0 Å². The van der Waals surface area contributed by atoms with Gasteiger partial charge in [-0.25, -0.2) is 4.79 Å². The Balaban J connectivity index is 1.94. The summed E-state index contributed by atoms with van der Waals surface area (Å²) in [4.78, 5) is 16.6. The smallest absolute Gasteiger partial charge is 0.410 e. The van der Waals surface area contributed by atoms with Gasteiger partial charge in [-0.2, -0.15) is 0 Å². The molecule has 1 aliphatic rings. The molecule has 1 saturated heterocycles.